The van der Waals surface area contributed by atoms with Gasteiger partial charge in [0.25, 0.3) is 0 Å². The predicted molar refractivity (Wildman–Crippen MR) is 99.1 cm³/mol. The van der Waals surface area contributed by atoms with Crippen molar-refractivity contribution < 1.29 is 17.9 Å². The van der Waals surface area contributed by atoms with Crippen LogP contribution in [0.2, 0.25) is 0 Å². The van der Waals surface area contributed by atoms with Crippen LogP contribution < -0.4 is 10.0 Å². The highest BCUT2D eigenvalue weighted by atomic mass is 32.2. The molecule has 1 rings (SSSR count). The Morgan fingerprint density at radius 2 is 1.80 bits per heavy atom. The Morgan fingerprint density at radius 3 is 2.48 bits per heavy atom. The minimum absolute atomic E-state index is 0.0775. The Morgan fingerprint density at radius 1 is 1.08 bits per heavy atom. The summed E-state index contributed by atoms with van der Waals surface area (Å²) in [4.78, 5) is 11.9. The topological polar surface area (TPSA) is 84.5 Å². The molecule has 0 unspecified atom stereocenters. The lowest BCUT2D eigenvalue weighted by molar-refractivity contribution is -0.120. The first-order chi connectivity index (χ1) is 11.9. The minimum Gasteiger partial charge on any atom is -0.381 e. The fourth-order valence-corrected chi connectivity index (χ4v) is 3.22. The number of carbonyl (C=O) groups is 1. The van der Waals surface area contributed by atoms with Gasteiger partial charge in [-0.15, -0.1) is 0 Å². The molecule has 1 aromatic carbocycles. The third-order valence-electron chi connectivity index (χ3n) is 3.86. The van der Waals surface area contributed by atoms with Crippen molar-refractivity contribution >= 4 is 15.9 Å². The number of benzene rings is 1. The van der Waals surface area contributed by atoms with Crippen LogP contribution in [0.15, 0.2) is 23.1 Å². The molecule has 0 heterocycles. The molecule has 25 heavy (non-hydrogen) atoms. The van der Waals surface area contributed by atoms with E-state index in [-0.39, 0.29) is 23.8 Å². The number of nitrogens with one attached hydrogen (secondary N) is 2. The van der Waals surface area contributed by atoms with E-state index in [0.717, 1.165) is 37.0 Å². The van der Waals surface area contributed by atoms with Gasteiger partial charge < -0.3 is 10.1 Å². The zero-order valence-electron chi connectivity index (χ0n) is 15.4. The van der Waals surface area contributed by atoms with Crippen LogP contribution in [0.3, 0.4) is 0 Å². The molecule has 0 saturated carbocycles. The van der Waals surface area contributed by atoms with Gasteiger partial charge in [0.15, 0.2) is 0 Å². The quantitative estimate of drug-likeness (QED) is 0.553. The van der Waals surface area contributed by atoms with Crippen LogP contribution in [0.25, 0.3) is 0 Å². The van der Waals surface area contributed by atoms with Crippen molar-refractivity contribution in [2.24, 2.45) is 0 Å². The van der Waals surface area contributed by atoms with Gasteiger partial charge in [-0.1, -0.05) is 19.4 Å². The molecule has 0 atom stereocenters. The lowest BCUT2D eigenvalue weighted by Gasteiger charge is -2.09. The fraction of sp³-hybridized carbons (Fsp3) is 0.611. The highest BCUT2D eigenvalue weighted by Crippen LogP contribution is 2.14. The first-order valence-electron chi connectivity index (χ1n) is 8.78. The molecule has 2 N–H and O–H groups in total. The second-order valence-corrected chi connectivity index (χ2v) is 7.83. The van der Waals surface area contributed by atoms with Crippen LogP contribution >= 0.6 is 0 Å². The van der Waals surface area contributed by atoms with E-state index in [4.69, 9.17) is 4.74 Å². The number of ether oxygens (including phenoxy) is 1. The number of hydrogen-bond acceptors (Lipinski definition) is 4. The van der Waals surface area contributed by atoms with Gasteiger partial charge in [0.05, 0.1) is 4.90 Å². The van der Waals surface area contributed by atoms with Crippen LogP contribution in [0, 0.1) is 13.8 Å². The lowest BCUT2D eigenvalue weighted by atomic mass is 10.1. The van der Waals surface area contributed by atoms with Crippen molar-refractivity contribution in [1.82, 2.24) is 10.0 Å². The number of hydrogen-bond donors (Lipinski definition) is 2. The third kappa shape index (κ3) is 8.47. The summed E-state index contributed by atoms with van der Waals surface area (Å²) < 4.78 is 32.3. The molecule has 0 fully saturated rings. The molecule has 1 aromatic rings. The molecule has 0 aliphatic heterocycles. The molecule has 142 valence electrons. The summed E-state index contributed by atoms with van der Waals surface area (Å²) in [5.41, 5.74) is 1.96. The number of unbranched alkanes of at least 4 members (excludes halogenated alkanes) is 1. The Balaban J connectivity index is 2.24. The number of carbonyl (C=O) groups excluding carboxylic acids is 1. The molecule has 0 spiro atoms. The van der Waals surface area contributed by atoms with Gasteiger partial charge in [-0.2, -0.15) is 0 Å². The largest absolute Gasteiger partial charge is 0.381 e. The van der Waals surface area contributed by atoms with E-state index in [0.29, 0.717) is 13.2 Å². The summed E-state index contributed by atoms with van der Waals surface area (Å²) in [5, 5.41) is 2.76. The highest BCUT2D eigenvalue weighted by molar-refractivity contribution is 7.89. The van der Waals surface area contributed by atoms with E-state index >= 15 is 0 Å². The smallest absolute Gasteiger partial charge is 0.240 e. The van der Waals surface area contributed by atoms with Crippen LogP contribution in [0.4, 0.5) is 0 Å². The Kier molecular flexibility index (Phi) is 9.70. The van der Waals surface area contributed by atoms with Crippen molar-refractivity contribution in [3.63, 3.8) is 0 Å². The van der Waals surface area contributed by atoms with Crippen molar-refractivity contribution in [3.05, 3.63) is 29.3 Å². The van der Waals surface area contributed by atoms with Gasteiger partial charge in [-0.05, 0) is 49.9 Å². The molecule has 7 heteroatoms. The fourth-order valence-electron chi connectivity index (χ4n) is 2.10. The number of sulfonamides is 1. The first kappa shape index (κ1) is 21.6. The summed E-state index contributed by atoms with van der Waals surface area (Å²) in [6.07, 6.45) is 3.02. The molecule has 0 saturated heterocycles. The van der Waals surface area contributed by atoms with Gasteiger partial charge in [0.1, 0.15) is 0 Å². The van der Waals surface area contributed by atoms with E-state index in [1.54, 1.807) is 18.2 Å². The molecule has 0 aliphatic carbocycles. The van der Waals surface area contributed by atoms with E-state index in [1.165, 1.54) is 0 Å². The number of amides is 1. The summed E-state index contributed by atoms with van der Waals surface area (Å²) in [6.45, 7) is 7.90. The van der Waals surface area contributed by atoms with E-state index in [9.17, 15) is 13.2 Å². The SMILES string of the molecule is CCCCOCCCNC(=O)CCNS(=O)(=O)c1ccc(C)c(C)c1. The molecular formula is C18H30N2O4S. The van der Waals surface area contributed by atoms with Crippen LogP contribution in [0.1, 0.15) is 43.7 Å². The maximum absolute atomic E-state index is 12.2. The van der Waals surface area contributed by atoms with Crippen molar-refractivity contribution in [1.29, 1.82) is 0 Å². The van der Waals surface area contributed by atoms with Crippen LogP contribution in [-0.4, -0.2) is 40.6 Å². The average molecular weight is 371 g/mol. The summed E-state index contributed by atoms with van der Waals surface area (Å²) in [6, 6.07) is 4.98. The molecule has 0 radical (unpaired) electrons. The minimum atomic E-state index is -3.58. The number of aryl methyl sites for hydroxylation is 2. The predicted octanol–water partition coefficient (Wildman–Crippen LogP) is 2.29. The Hall–Kier alpha value is -1.44. The van der Waals surface area contributed by atoms with Crippen molar-refractivity contribution in [2.75, 3.05) is 26.3 Å². The van der Waals surface area contributed by atoms with Gasteiger partial charge in [0, 0.05) is 32.7 Å². The lowest BCUT2D eigenvalue weighted by Crippen LogP contribution is -2.31. The van der Waals surface area contributed by atoms with Gasteiger partial charge in [-0.3, -0.25) is 4.79 Å². The molecule has 6 nitrogen and oxygen atoms in total. The maximum Gasteiger partial charge on any atom is 0.240 e. The van der Waals surface area contributed by atoms with Crippen molar-refractivity contribution in [3.8, 4) is 0 Å². The second kappa shape index (κ2) is 11.2. The molecule has 0 bridgehead atoms. The van der Waals surface area contributed by atoms with Crippen LogP contribution in [0.5, 0.6) is 0 Å². The normalized spacial score (nSPS) is 11.5. The molecule has 0 aliphatic rings. The van der Waals surface area contributed by atoms with E-state index in [1.807, 2.05) is 13.8 Å². The standard InChI is InChI=1S/C18H30N2O4S/c1-4-5-12-24-13-6-10-19-18(21)9-11-20-25(22,23)17-8-7-15(2)16(3)14-17/h7-8,14,20H,4-6,9-13H2,1-3H3,(H,19,21). The van der Waals surface area contributed by atoms with Gasteiger partial charge in [-0.25, -0.2) is 13.1 Å². The average Bonchev–Trinajstić information content (AvgIpc) is 2.56. The zero-order chi connectivity index (χ0) is 18.7. The monoisotopic (exact) mass is 370 g/mol. The van der Waals surface area contributed by atoms with Gasteiger partial charge in [0.2, 0.25) is 15.9 Å². The second-order valence-electron chi connectivity index (χ2n) is 6.06. The summed E-state index contributed by atoms with van der Waals surface area (Å²) in [5.74, 6) is -0.170. The van der Waals surface area contributed by atoms with E-state index in [2.05, 4.69) is 17.0 Å². The molecule has 0 aromatic heterocycles. The Labute approximate surface area is 151 Å². The first-order valence-corrected chi connectivity index (χ1v) is 10.3. The zero-order valence-corrected chi connectivity index (χ0v) is 16.2. The highest BCUT2D eigenvalue weighted by Gasteiger charge is 2.14. The summed E-state index contributed by atoms with van der Waals surface area (Å²) >= 11 is 0. The van der Waals surface area contributed by atoms with Crippen molar-refractivity contribution in [2.45, 2.75) is 51.3 Å². The third-order valence-corrected chi connectivity index (χ3v) is 5.32. The molecular weight excluding hydrogens is 340 g/mol. The Bertz CT molecular complexity index is 644. The van der Waals surface area contributed by atoms with E-state index < -0.39 is 10.0 Å². The summed E-state index contributed by atoms with van der Waals surface area (Å²) in [7, 11) is -3.58. The molecule has 1 amide bonds. The number of rotatable bonds is 12. The van der Waals surface area contributed by atoms with Crippen LogP contribution in [-0.2, 0) is 19.6 Å². The maximum atomic E-state index is 12.2. The van der Waals surface area contributed by atoms with Gasteiger partial charge >= 0.3 is 0 Å².